The van der Waals surface area contributed by atoms with Crippen LogP contribution in [0.15, 0.2) is 77.8 Å². The van der Waals surface area contributed by atoms with E-state index in [0.29, 0.717) is 5.02 Å². The van der Waals surface area contributed by atoms with Gasteiger partial charge < -0.3 is 0 Å². The number of hydrogen-bond acceptors (Lipinski definition) is 2. The molecule has 2 aromatic heterocycles. The number of aromatic nitrogens is 2. The fraction of sp³-hybridized carbons (Fsp3) is 0.0476. The summed E-state index contributed by atoms with van der Waals surface area (Å²) in [5, 5.41) is 0.716. The number of aliphatic imine (C=N–C) groups is 1. The van der Waals surface area contributed by atoms with Gasteiger partial charge in [0.05, 0.1) is 0 Å². The Kier molecular flexibility index (Phi) is 4.08. The van der Waals surface area contributed by atoms with E-state index >= 15 is 0 Å². The first kappa shape index (κ1) is 15.6. The molecule has 0 aliphatic carbocycles. The summed E-state index contributed by atoms with van der Waals surface area (Å²) in [5.41, 5.74) is 4.90. The van der Waals surface area contributed by atoms with Crippen molar-refractivity contribution < 1.29 is 0 Å². The molecule has 0 aliphatic heterocycles. The maximum absolute atomic E-state index is 5.96. The van der Waals surface area contributed by atoms with Crippen LogP contribution in [-0.4, -0.2) is 15.6 Å². The molecule has 0 bridgehead atoms. The van der Waals surface area contributed by atoms with Crippen LogP contribution in [0.1, 0.15) is 11.3 Å². The topological polar surface area (TPSA) is 29.7 Å². The van der Waals surface area contributed by atoms with Crippen molar-refractivity contribution in [1.29, 1.82) is 0 Å². The van der Waals surface area contributed by atoms with E-state index in [-0.39, 0.29) is 0 Å². The van der Waals surface area contributed by atoms with E-state index in [0.717, 1.165) is 34.0 Å². The highest BCUT2D eigenvalue weighted by molar-refractivity contribution is 6.30. The van der Waals surface area contributed by atoms with Gasteiger partial charge in [0.2, 0.25) is 0 Å². The second-order valence-electron chi connectivity index (χ2n) is 5.82. The monoisotopic (exact) mass is 345 g/mol. The van der Waals surface area contributed by atoms with Crippen LogP contribution in [-0.2, 0) is 0 Å². The quantitative estimate of drug-likeness (QED) is 0.437. The summed E-state index contributed by atoms with van der Waals surface area (Å²) in [5.74, 6) is 0.828. The zero-order chi connectivity index (χ0) is 17.2. The van der Waals surface area contributed by atoms with Gasteiger partial charge in [-0.25, -0.2) is 9.98 Å². The van der Waals surface area contributed by atoms with Crippen molar-refractivity contribution in [1.82, 2.24) is 9.38 Å². The number of fused-ring (bicyclic) bond motifs is 1. The molecule has 2 heterocycles. The fourth-order valence-electron chi connectivity index (χ4n) is 2.83. The number of halogens is 1. The molecule has 25 heavy (non-hydrogen) atoms. The molecular weight excluding hydrogens is 330 g/mol. The van der Waals surface area contributed by atoms with Gasteiger partial charge in [-0.05, 0) is 36.8 Å². The van der Waals surface area contributed by atoms with Crippen molar-refractivity contribution in [3.05, 3.63) is 89.1 Å². The predicted molar refractivity (Wildman–Crippen MR) is 104 cm³/mol. The molecule has 0 spiro atoms. The lowest BCUT2D eigenvalue weighted by Gasteiger charge is -2.03. The van der Waals surface area contributed by atoms with Gasteiger partial charge in [-0.3, -0.25) is 4.40 Å². The summed E-state index contributed by atoms with van der Waals surface area (Å²) in [6.45, 7) is 2.06. The second kappa shape index (κ2) is 6.54. The van der Waals surface area contributed by atoms with Gasteiger partial charge in [0.15, 0.2) is 5.82 Å². The van der Waals surface area contributed by atoms with Gasteiger partial charge in [0.25, 0.3) is 0 Å². The first-order valence-corrected chi connectivity index (χ1v) is 8.43. The van der Waals surface area contributed by atoms with Gasteiger partial charge >= 0.3 is 0 Å². The molecule has 0 aliphatic rings. The SMILES string of the molecule is Cc1cccc2nc(-c3ccccc3)c(N=Cc3ccc(Cl)cc3)n12. The highest BCUT2D eigenvalue weighted by atomic mass is 35.5. The molecule has 0 fully saturated rings. The molecule has 4 aromatic rings. The number of rotatable bonds is 3. The number of aryl methyl sites for hydroxylation is 1. The Bertz CT molecular complexity index is 1050. The van der Waals surface area contributed by atoms with Crippen LogP contribution in [0.2, 0.25) is 5.02 Å². The summed E-state index contributed by atoms with van der Waals surface area (Å²) < 4.78 is 2.08. The van der Waals surface area contributed by atoms with Gasteiger partial charge in [0.1, 0.15) is 11.3 Å². The van der Waals surface area contributed by atoms with Crippen molar-refractivity contribution >= 4 is 29.3 Å². The molecule has 2 aromatic carbocycles. The molecule has 4 heteroatoms. The Morgan fingerprint density at radius 2 is 1.68 bits per heavy atom. The van der Waals surface area contributed by atoms with Crippen LogP contribution in [0, 0.1) is 6.92 Å². The van der Waals surface area contributed by atoms with E-state index in [4.69, 9.17) is 21.6 Å². The lowest BCUT2D eigenvalue weighted by molar-refractivity contribution is 1.08. The molecule has 0 radical (unpaired) electrons. The average Bonchev–Trinajstić information content (AvgIpc) is 3.02. The molecule has 122 valence electrons. The van der Waals surface area contributed by atoms with Gasteiger partial charge in [-0.15, -0.1) is 0 Å². The lowest BCUT2D eigenvalue weighted by atomic mass is 10.1. The smallest absolute Gasteiger partial charge is 0.165 e. The fourth-order valence-corrected chi connectivity index (χ4v) is 2.96. The molecular formula is C21H16ClN3. The zero-order valence-corrected chi connectivity index (χ0v) is 14.5. The van der Waals surface area contributed by atoms with E-state index in [1.165, 1.54) is 0 Å². The van der Waals surface area contributed by atoms with Crippen LogP contribution in [0.5, 0.6) is 0 Å². The minimum atomic E-state index is 0.716. The van der Waals surface area contributed by atoms with Crippen molar-refractivity contribution in [3.8, 4) is 11.3 Å². The minimum Gasteiger partial charge on any atom is -0.281 e. The Labute approximate surface area is 151 Å². The van der Waals surface area contributed by atoms with Crippen LogP contribution in [0.4, 0.5) is 5.82 Å². The van der Waals surface area contributed by atoms with Crippen LogP contribution >= 0.6 is 11.6 Å². The second-order valence-corrected chi connectivity index (χ2v) is 6.26. The Morgan fingerprint density at radius 3 is 2.44 bits per heavy atom. The molecule has 0 atom stereocenters. The largest absolute Gasteiger partial charge is 0.281 e. The Balaban J connectivity index is 1.89. The number of nitrogens with zero attached hydrogens (tertiary/aromatic N) is 3. The summed E-state index contributed by atoms with van der Waals surface area (Å²) in [4.78, 5) is 9.56. The number of imidazole rings is 1. The Morgan fingerprint density at radius 1 is 0.920 bits per heavy atom. The molecule has 4 rings (SSSR count). The third-order valence-electron chi connectivity index (χ3n) is 4.07. The van der Waals surface area contributed by atoms with Gasteiger partial charge in [-0.1, -0.05) is 60.1 Å². The molecule has 0 saturated carbocycles. The van der Waals surface area contributed by atoms with Gasteiger partial charge in [0, 0.05) is 22.5 Å². The number of pyridine rings is 1. The number of benzene rings is 2. The average molecular weight is 346 g/mol. The summed E-state index contributed by atoms with van der Waals surface area (Å²) in [7, 11) is 0. The van der Waals surface area contributed by atoms with Crippen molar-refractivity contribution in [2.75, 3.05) is 0 Å². The maximum atomic E-state index is 5.96. The normalized spacial score (nSPS) is 11.4. The van der Waals surface area contributed by atoms with Crippen LogP contribution in [0.3, 0.4) is 0 Å². The van der Waals surface area contributed by atoms with Gasteiger partial charge in [-0.2, -0.15) is 0 Å². The molecule has 0 unspecified atom stereocenters. The van der Waals surface area contributed by atoms with E-state index in [1.807, 2.05) is 60.8 Å². The standard InChI is InChI=1S/C21H16ClN3/c1-15-6-5-9-19-24-20(17-7-3-2-4-8-17)21(25(15)19)23-14-16-10-12-18(22)13-11-16/h2-14H,1H3. The summed E-state index contributed by atoms with van der Waals surface area (Å²) in [6.07, 6.45) is 1.85. The first-order chi connectivity index (χ1) is 12.2. The number of hydrogen-bond donors (Lipinski definition) is 0. The minimum absolute atomic E-state index is 0.716. The predicted octanol–water partition coefficient (Wildman–Crippen LogP) is 5.71. The third kappa shape index (κ3) is 3.06. The molecule has 0 saturated heterocycles. The first-order valence-electron chi connectivity index (χ1n) is 8.05. The third-order valence-corrected chi connectivity index (χ3v) is 4.32. The van der Waals surface area contributed by atoms with E-state index in [2.05, 4.69) is 29.5 Å². The molecule has 0 amide bonds. The van der Waals surface area contributed by atoms with E-state index in [1.54, 1.807) is 0 Å². The van der Waals surface area contributed by atoms with Crippen LogP contribution in [0.25, 0.3) is 16.9 Å². The summed E-state index contributed by atoms with van der Waals surface area (Å²) in [6, 6.07) is 23.8. The molecule has 0 N–H and O–H groups in total. The zero-order valence-electron chi connectivity index (χ0n) is 13.7. The van der Waals surface area contributed by atoms with Crippen molar-refractivity contribution in [3.63, 3.8) is 0 Å². The van der Waals surface area contributed by atoms with Crippen molar-refractivity contribution in [2.24, 2.45) is 4.99 Å². The van der Waals surface area contributed by atoms with Crippen LogP contribution < -0.4 is 0 Å². The van der Waals surface area contributed by atoms with E-state index < -0.39 is 0 Å². The maximum Gasteiger partial charge on any atom is 0.165 e. The lowest BCUT2D eigenvalue weighted by Crippen LogP contribution is -1.90. The van der Waals surface area contributed by atoms with E-state index in [9.17, 15) is 0 Å². The highest BCUT2D eigenvalue weighted by Crippen LogP contribution is 2.31. The Hall–Kier alpha value is -2.91. The highest BCUT2D eigenvalue weighted by Gasteiger charge is 2.14. The summed E-state index contributed by atoms with van der Waals surface area (Å²) >= 11 is 5.96. The molecule has 3 nitrogen and oxygen atoms in total. The van der Waals surface area contributed by atoms with Crippen molar-refractivity contribution in [2.45, 2.75) is 6.92 Å².